The van der Waals surface area contributed by atoms with Gasteiger partial charge in [-0.2, -0.15) is 0 Å². The van der Waals surface area contributed by atoms with Gasteiger partial charge in [-0.05, 0) is 24.6 Å². The van der Waals surface area contributed by atoms with Crippen LogP contribution in [0.1, 0.15) is 13.3 Å². The summed E-state index contributed by atoms with van der Waals surface area (Å²) in [7, 11) is 1.58. The van der Waals surface area contributed by atoms with Gasteiger partial charge in [0.25, 0.3) is 0 Å². The molecule has 0 heterocycles. The van der Waals surface area contributed by atoms with Crippen LogP contribution in [-0.2, 0) is 4.79 Å². The molecular formula is C13H16O4. The summed E-state index contributed by atoms with van der Waals surface area (Å²) in [5.41, 5.74) is 0.355. The van der Waals surface area contributed by atoms with E-state index in [1.807, 2.05) is 12.1 Å². The maximum Gasteiger partial charge on any atom is 0.331 e. The minimum atomic E-state index is -0.901. The van der Waals surface area contributed by atoms with Crippen LogP contribution >= 0.6 is 0 Å². The molecule has 17 heavy (non-hydrogen) atoms. The van der Waals surface area contributed by atoms with Gasteiger partial charge in [0.05, 0.1) is 7.11 Å². The molecule has 1 aromatic rings. The third-order valence-electron chi connectivity index (χ3n) is 2.28. The minimum absolute atomic E-state index is 0.239. The Morgan fingerprint density at radius 1 is 1.41 bits per heavy atom. The molecule has 92 valence electrons. The Kier molecular flexibility index (Phi) is 5.07. The van der Waals surface area contributed by atoms with Gasteiger partial charge in [0.2, 0.25) is 0 Å². The van der Waals surface area contributed by atoms with E-state index < -0.39 is 5.97 Å². The smallest absolute Gasteiger partial charge is 0.331 e. The van der Waals surface area contributed by atoms with Gasteiger partial charge in [-0.3, -0.25) is 0 Å². The van der Waals surface area contributed by atoms with Crippen molar-refractivity contribution >= 4 is 5.97 Å². The zero-order valence-corrected chi connectivity index (χ0v) is 9.97. The van der Waals surface area contributed by atoms with Gasteiger partial charge in [0.1, 0.15) is 18.1 Å². The Morgan fingerprint density at radius 2 is 2.12 bits per heavy atom. The molecular weight excluding hydrogens is 220 g/mol. The van der Waals surface area contributed by atoms with E-state index >= 15 is 0 Å². The summed E-state index contributed by atoms with van der Waals surface area (Å²) in [6.45, 7) is 2.04. The maximum absolute atomic E-state index is 10.7. The SMILES string of the molecule is CCC(=CCOc1cccc(OC)c1)C(=O)O. The Balaban J connectivity index is 2.58. The quantitative estimate of drug-likeness (QED) is 0.771. The van der Waals surface area contributed by atoms with E-state index in [-0.39, 0.29) is 6.61 Å². The highest BCUT2D eigenvalue weighted by Gasteiger charge is 2.03. The molecule has 1 aromatic carbocycles. The lowest BCUT2D eigenvalue weighted by atomic mass is 10.2. The van der Waals surface area contributed by atoms with Crippen molar-refractivity contribution < 1.29 is 19.4 Å². The van der Waals surface area contributed by atoms with E-state index in [4.69, 9.17) is 14.6 Å². The molecule has 0 fully saturated rings. The molecule has 0 saturated heterocycles. The van der Waals surface area contributed by atoms with Crippen LogP contribution in [0.2, 0.25) is 0 Å². The second-order valence-corrected chi connectivity index (χ2v) is 3.38. The minimum Gasteiger partial charge on any atom is -0.497 e. The normalized spacial score (nSPS) is 11.1. The van der Waals surface area contributed by atoms with Gasteiger partial charge >= 0.3 is 5.97 Å². The second kappa shape index (κ2) is 6.58. The fraction of sp³-hybridized carbons (Fsp3) is 0.308. The highest BCUT2D eigenvalue weighted by Crippen LogP contribution is 2.18. The first-order valence-electron chi connectivity index (χ1n) is 5.36. The summed E-state index contributed by atoms with van der Waals surface area (Å²) in [6, 6.07) is 7.18. The van der Waals surface area contributed by atoms with Crippen LogP contribution < -0.4 is 9.47 Å². The molecule has 0 saturated carbocycles. The Bertz CT molecular complexity index is 410. The number of ether oxygens (including phenoxy) is 2. The zero-order chi connectivity index (χ0) is 12.7. The molecule has 0 aromatic heterocycles. The molecule has 0 unspecified atom stereocenters. The van der Waals surface area contributed by atoms with E-state index in [1.54, 1.807) is 32.2 Å². The topological polar surface area (TPSA) is 55.8 Å². The fourth-order valence-electron chi connectivity index (χ4n) is 1.31. The molecule has 0 aliphatic carbocycles. The number of benzene rings is 1. The molecule has 1 N–H and O–H groups in total. The molecule has 0 amide bonds. The lowest BCUT2D eigenvalue weighted by Gasteiger charge is -2.06. The number of rotatable bonds is 6. The number of carbonyl (C=O) groups is 1. The summed E-state index contributed by atoms with van der Waals surface area (Å²) in [5, 5.41) is 8.81. The van der Waals surface area contributed by atoms with E-state index in [2.05, 4.69) is 0 Å². The number of methoxy groups -OCH3 is 1. The van der Waals surface area contributed by atoms with Crippen molar-refractivity contribution in [1.29, 1.82) is 0 Å². The summed E-state index contributed by atoms with van der Waals surface area (Å²) >= 11 is 0. The van der Waals surface area contributed by atoms with E-state index in [0.29, 0.717) is 23.5 Å². The molecule has 0 aliphatic rings. The maximum atomic E-state index is 10.7. The average molecular weight is 236 g/mol. The largest absolute Gasteiger partial charge is 0.497 e. The summed E-state index contributed by atoms with van der Waals surface area (Å²) in [5.74, 6) is 0.462. The number of carboxylic acids is 1. The fourth-order valence-corrected chi connectivity index (χ4v) is 1.31. The number of hydrogen-bond acceptors (Lipinski definition) is 3. The molecule has 4 heteroatoms. The van der Waals surface area contributed by atoms with Crippen molar-refractivity contribution in [2.24, 2.45) is 0 Å². The van der Waals surface area contributed by atoms with Crippen molar-refractivity contribution in [2.45, 2.75) is 13.3 Å². The third kappa shape index (κ3) is 4.18. The van der Waals surface area contributed by atoms with Crippen LogP contribution in [0.15, 0.2) is 35.9 Å². The molecule has 1 rings (SSSR count). The monoisotopic (exact) mass is 236 g/mol. The van der Waals surface area contributed by atoms with Crippen LogP contribution in [0.3, 0.4) is 0 Å². The van der Waals surface area contributed by atoms with Gasteiger partial charge in [0.15, 0.2) is 0 Å². The molecule has 0 aliphatic heterocycles. The van der Waals surface area contributed by atoms with Crippen molar-refractivity contribution in [3.63, 3.8) is 0 Å². The van der Waals surface area contributed by atoms with Crippen LogP contribution in [0.25, 0.3) is 0 Å². The van der Waals surface area contributed by atoms with Crippen LogP contribution in [0.5, 0.6) is 11.5 Å². The lowest BCUT2D eigenvalue weighted by Crippen LogP contribution is -2.02. The van der Waals surface area contributed by atoms with Gasteiger partial charge in [-0.15, -0.1) is 0 Å². The van der Waals surface area contributed by atoms with E-state index in [1.165, 1.54) is 0 Å². The zero-order valence-electron chi connectivity index (χ0n) is 9.97. The van der Waals surface area contributed by atoms with Gasteiger partial charge in [0, 0.05) is 11.6 Å². The van der Waals surface area contributed by atoms with Crippen molar-refractivity contribution in [3.8, 4) is 11.5 Å². The summed E-state index contributed by atoms with van der Waals surface area (Å²) < 4.78 is 10.5. The predicted octanol–water partition coefficient (Wildman–Crippen LogP) is 2.50. The van der Waals surface area contributed by atoms with Crippen molar-refractivity contribution in [3.05, 3.63) is 35.9 Å². The molecule has 0 bridgehead atoms. The Labute approximate surface area is 100 Å². The number of carboxylic acid groups (broad SMARTS) is 1. The molecule has 0 atom stereocenters. The Morgan fingerprint density at radius 3 is 2.71 bits per heavy atom. The average Bonchev–Trinajstić information content (AvgIpc) is 2.34. The highest BCUT2D eigenvalue weighted by molar-refractivity contribution is 5.86. The van der Waals surface area contributed by atoms with Gasteiger partial charge in [-0.25, -0.2) is 4.79 Å². The summed E-state index contributed by atoms with van der Waals surface area (Å²) in [4.78, 5) is 10.7. The third-order valence-corrected chi connectivity index (χ3v) is 2.28. The second-order valence-electron chi connectivity index (χ2n) is 3.38. The highest BCUT2D eigenvalue weighted by atomic mass is 16.5. The van der Waals surface area contributed by atoms with E-state index in [0.717, 1.165) is 0 Å². The van der Waals surface area contributed by atoms with Crippen molar-refractivity contribution in [1.82, 2.24) is 0 Å². The lowest BCUT2D eigenvalue weighted by molar-refractivity contribution is -0.132. The molecule has 4 nitrogen and oxygen atoms in total. The first-order valence-corrected chi connectivity index (χ1v) is 5.36. The van der Waals surface area contributed by atoms with Gasteiger partial charge < -0.3 is 14.6 Å². The van der Waals surface area contributed by atoms with Crippen LogP contribution in [0.4, 0.5) is 0 Å². The standard InChI is InChI=1S/C13H16O4/c1-3-10(13(14)15)7-8-17-12-6-4-5-11(9-12)16-2/h4-7,9H,3,8H2,1-2H3,(H,14,15). The first-order chi connectivity index (χ1) is 8.17. The van der Waals surface area contributed by atoms with E-state index in [9.17, 15) is 4.79 Å². The van der Waals surface area contributed by atoms with Gasteiger partial charge in [-0.1, -0.05) is 13.0 Å². The summed E-state index contributed by atoms with van der Waals surface area (Å²) in [6.07, 6.45) is 2.05. The Hall–Kier alpha value is -1.97. The first kappa shape index (κ1) is 13.1. The van der Waals surface area contributed by atoms with Crippen molar-refractivity contribution in [2.75, 3.05) is 13.7 Å². The predicted molar refractivity (Wildman–Crippen MR) is 64.5 cm³/mol. The number of hydrogen-bond donors (Lipinski definition) is 1. The molecule has 0 radical (unpaired) electrons. The number of aliphatic carboxylic acids is 1. The van der Waals surface area contributed by atoms with Crippen LogP contribution in [-0.4, -0.2) is 24.8 Å². The molecule has 0 spiro atoms. The van der Waals surface area contributed by atoms with Crippen LogP contribution in [0, 0.1) is 0 Å².